The van der Waals surface area contributed by atoms with Gasteiger partial charge in [0, 0.05) is 16.5 Å². The van der Waals surface area contributed by atoms with Gasteiger partial charge in [-0.2, -0.15) is 11.8 Å². The molecule has 0 saturated heterocycles. The maximum Gasteiger partial charge on any atom is 0.127 e. The van der Waals surface area contributed by atoms with Crippen LogP contribution < -0.4 is 0 Å². The van der Waals surface area contributed by atoms with Gasteiger partial charge in [-0.1, -0.05) is 11.6 Å². The molecule has 0 spiro atoms. The average Bonchev–Trinajstić information content (AvgIpc) is 2.11. The van der Waals surface area contributed by atoms with Gasteiger partial charge in [-0.25, -0.2) is 4.39 Å². The first kappa shape index (κ1) is 10.8. The Morgan fingerprint density at radius 1 is 1.46 bits per heavy atom. The Bertz CT molecular complexity index is 280. The monoisotopic (exact) mass is 220 g/mol. The highest BCUT2D eigenvalue weighted by Gasteiger charge is 2.02. The fourth-order valence-corrected chi connectivity index (χ4v) is 1.81. The Hall–Kier alpha value is -0.250. The van der Waals surface area contributed by atoms with Gasteiger partial charge < -0.3 is 5.11 Å². The third kappa shape index (κ3) is 3.55. The summed E-state index contributed by atoms with van der Waals surface area (Å²) in [6, 6.07) is 4.50. The van der Waals surface area contributed by atoms with Gasteiger partial charge in [-0.05, 0) is 23.8 Å². The van der Waals surface area contributed by atoms with E-state index in [1.54, 1.807) is 6.07 Å². The quantitative estimate of drug-likeness (QED) is 0.788. The molecule has 13 heavy (non-hydrogen) atoms. The van der Waals surface area contributed by atoms with Crippen molar-refractivity contribution in [1.82, 2.24) is 0 Å². The van der Waals surface area contributed by atoms with E-state index in [4.69, 9.17) is 16.7 Å². The topological polar surface area (TPSA) is 20.2 Å². The van der Waals surface area contributed by atoms with Crippen molar-refractivity contribution in [1.29, 1.82) is 0 Å². The zero-order valence-corrected chi connectivity index (χ0v) is 8.54. The molecule has 0 radical (unpaired) electrons. The van der Waals surface area contributed by atoms with Crippen LogP contribution in [-0.2, 0) is 5.75 Å². The minimum Gasteiger partial charge on any atom is -0.396 e. The van der Waals surface area contributed by atoms with E-state index < -0.39 is 0 Å². The van der Waals surface area contributed by atoms with E-state index in [0.717, 1.165) is 0 Å². The van der Waals surface area contributed by atoms with Gasteiger partial charge in [-0.15, -0.1) is 0 Å². The third-order valence-electron chi connectivity index (χ3n) is 1.50. The first-order valence-electron chi connectivity index (χ1n) is 3.86. The molecule has 0 unspecified atom stereocenters. The van der Waals surface area contributed by atoms with E-state index in [1.807, 2.05) is 0 Å². The van der Waals surface area contributed by atoms with Crippen LogP contribution in [0.4, 0.5) is 4.39 Å². The molecule has 72 valence electrons. The summed E-state index contributed by atoms with van der Waals surface area (Å²) in [5.74, 6) is 0.925. The number of rotatable bonds is 4. The SMILES string of the molecule is OCCSCc1cc(Cl)ccc1F. The highest BCUT2D eigenvalue weighted by atomic mass is 35.5. The number of benzene rings is 1. The number of thioether (sulfide) groups is 1. The Labute approximate surface area is 85.9 Å². The van der Waals surface area contributed by atoms with Gasteiger partial charge in [0.15, 0.2) is 0 Å². The highest BCUT2D eigenvalue weighted by Crippen LogP contribution is 2.19. The Morgan fingerprint density at radius 2 is 2.23 bits per heavy atom. The molecule has 1 rings (SSSR count). The molecule has 0 aliphatic carbocycles. The van der Waals surface area contributed by atoms with Crippen molar-refractivity contribution in [3.8, 4) is 0 Å². The van der Waals surface area contributed by atoms with Crippen LogP contribution in [0.15, 0.2) is 18.2 Å². The van der Waals surface area contributed by atoms with Gasteiger partial charge in [0.05, 0.1) is 6.61 Å². The van der Waals surface area contributed by atoms with Crippen LogP contribution >= 0.6 is 23.4 Å². The normalized spacial score (nSPS) is 10.4. The predicted octanol–water partition coefficient (Wildman–Crippen LogP) is 2.70. The number of aliphatic hydroxyl groups excluding tert-OH is 1. The molecule has 1 N–H and O–H groups in total. The lowest BCUT2D eigenvalue weighted by Gasteiger charge is -2.02. The van der Waals surface area contributed by atoms with Crippen LogP contribution in [-0.4, -0.2) is 17.5 Å². The van der Waals surface area contributed by atoms with Crippen LogP contribution in [0.25, 0.3) is 0 Å². The van der Waals surface area contributed by atoms with Crippen molar-refractivity contribution in [3.63, 3.8) is 0 Å². The molecular weight excluding hydrogens is 211 g/mol. The van der Waals surface area contributed by atoms with Crippen LogP contribution in [0.5, 0.6) is 0 Å². The third-order valence-corrected chi connectivity index (χ3v) is 2.72. The molecule has 1 aromatic carbocycles. The average molecular weight is 221 g/mol. The molecular formula is C9H10ClFOS. The van der Waals surface area contributed by atoms with Crippen LogP contribution in [0, 0.1) is 5.82 Å². The largest absolute Gasteiger partial charge is 0.396 e. The summed E-state index contributed by atoms with van der Waals surface area (Å²) in [6.45, 7) is 0.118. The second-order valence-corrected chi connectivity index (χ2v) is 4.05. The van der Waals surface area contributed by atoms with E-state index in [-0.39, 0.29) is 12.4 Å². The summed E-state index contributed by atoms with van der Waals surface area (Å²) in [6.07, 6.45) is 0. The smallest absolute Gasteiger partial charge is 0.127 e. The summed E-state index contributed by atoms with van der Waals surface area (Å²) in [5.41, 5.74) is 0.589. The highest BCUT2D eigenvalue weighted by molar-refractivity contribution is 7.98. The van der Waals surface area contributed by atoms with Gasteiger partial charge in [0.25, 0.3) is 0 Å². The molecule has 0 aliphatic heterocycles. The Morgan fingerprint density at radius 3 is 2.92 bits per heavy atom. The van der Waals surface area contributed by atoms with Crippen LogP contribution in [0.1, 0.15) is 5.56 Å². The first-order chi connectivity index (χ1) is 6.24. The van der Waals surface area contributed by atoms with Crippen molar-refractivity contribution in [2.75, 3.05) is 12.4 Å². The van der Waals surface area contributed by atoms with E-state index in [9.17, 15) is 4.39 Å². The summed E-state index contributed by atoms with van der Waals surface area (Å²) < 4.78 is 13.1. The fraction of sp³-hybridized carbons (Fsp3) is 0.333. The van der Waals surface area contributed by atoms with Crippen LogP contribution in [0.3, 0.4) is 0 Å². The lowest BCUT2D eigenvalue weighted by atomic mass is 10.2. The maximum absolute atomic E-state index is 13.1. The summed E-state index contributed by atoms with van der Waals surface area (Å²) >= 11 is 7.18. The minimum atomic E-state index is -0.241. The molecule has 0 fully saturated rings. The van der Waals surface area contributed by atoms with Gasteiger partial charge in [-0.3, -0.25) is 0 Å². The molecule has 0 aliphatic rings. The molecule has 1 nitrogen and oxygen atoms in total. The molecule has 1 aromatic rings. The molecule has 0 heterocycles. The minimum absolute atomic E-state index is 0.118. The van der Waals surface area contributed by atoms with Crippen molar-refractivity contribution >= 4 is 23.4 Å². The first-order valence-corrected chi connectivity index (χ1v) is 5.40. The van der Waals surface area contributed by atoms with Crippen molar-refractivity contribution < 1.29 is 9.50 Å². The van der Waals surface area contributed by atoms with Crippen molar-refractivity contribution in [3.05, 3.63) is 34.6 Å². The van der Waals surface area contributed by atoms with E-state index in [2.05, 4.69) is 0 Å². The van der Waals surface area contributed by atoms with E-state index >= 15 is 0 Å². The molecule has 4 heteroatoms. The van der Waals surface area contributed by atoms with E-state index in [1.165, 1.54) is 23.9 Å². The maximum atomic E-state index is 13.1. The molecule has 0 amide bonds. The Kier molecular flexibility index (Phi) is 4.56. The van der Waals surface area contributed by atoms with Gasteiger partial charge in [0.2, 0.25) is 0 Å². The second kappa shape index (κ2) is 5.47. The zero-order valence-electron chi connectivity index (χ0n) is 6.96. The summed E-state index contributed by atoms with van der Waals surface area (Å²) in [7, 11) is 0. The molecule has 0 atom stereocenters. The number of halogens is 2. The van der Waals surface area contributed by atoms with Gasteiger partial charge >= 0.3 is 0 Å². The van der Waals surface area contributed by atoms with E-state index in [0.29, 0.717) is 22.1 Å². The summed E-state index contributed by atoms with van der Waals surface area (Å²) in [5, 5.41) is 9.07. The molecule has 0 aromatic heterocycles. The van der Waals surface area contributed by atoms with Crippen molar-refractivity contribution in [2.45, 2.75) is 5.75 Å². The summed E-state index contributed by atoms with van der Waals surface area (Å²) in [4.78, 5) is 0. The number of hydrogen-bond donors (Lipinski definition) is 1. The van der Waals surface area contributed by atoms with Gasteiger partial charge in [0.1, 0.15) is 5.82 Å². The zero-order chi connectivity index (χ0) is 9.68. The predicted molar refractivity (Wildman–Crippen MR) is 54.7 cm³/mol. The Balaban J connectivity index is 2.59. The number of hydrogen-bond acceptors (Lipinski definition) is 2. The second-order valence-electron chi connectivity index (χ2n) is 2.51. The molecule has 0 bridgehead atoms. The lowest BCUT2D eigenvalue weighted by Crippen LogP contribution is -1.91. The molecule has 0 saturated carbocycles. The fourth-order valence-electron chi connectivity index (χ4n) is 0.901. The lowest BCUT2D eigenvalue weighted by molar-refractivity contribution is 0.322. The van der Waals surface area contributed by atoms with Crippen LogP contribution in [0.2, 0.25) is 5.02 Å². The standard InChI is InChI=1S/C9H10ClFOS/c10-8-1-2-9(11)7(5-8)6-13-4-3-12/h1-2,5,12H,3-4,6H2. The number of aliphatic hydroxyl groups is 1. The van der Waals surface area contributed by atoms with Crippen molar-refractivity contribution in [2.24, 2.45) is 0 Å².